The molecule has 1 aliphatic carbocycles. The fraction of sp³-hybridized carbons (Fsp3) is 0.636. The Labute approximate surface area is 108 Å². The van der Waals surface area contributed by atoms with E-state index in [9.17, 15) is 13.2 Å². The molecule has 4 nitrogen and oxygen atoms in total. The molecule has 2 fully saturated rings. The molecule has 0 bridgehead atoms. The topological polar surface area (TPSA) is 44.2 Å². The third kappa shape index (κ3) is 1.85. The fourth-order valence-electron chi connectivity index (χ4n) is 2.44. The Hall–Kier alpha value is -1.15. The zero-order valence-corrected chi connectivity index (χ0v) is 10.5. The first-order valence-corrected chi connectivity index (χ1v) is 5.98. The van der Waals surface area contributed by atoms with Crippen LogP contribution in [0.4, 0.5) is 13.2 Å². The molecular formula is C11H12BF3N2O2. The van der Waals surface area contributed by atoms with Gasteiger partial charge in [-0.25, -0.2) is 9.97 Å². The summed E-state index contributed by atoms with van der Waals surface area (Å²) >= 11 is 0. The van der Waals surface area contributed by atoms with E-state index < -0.39 is 19.1 Å². The minimum Gasteiger partial charge on any atom is -0.399 e. The van der Waals surface area contributed by atoms with E-state index in [4.69, 9.17) is 9.31 Å². The van der Waals surface area contributed by atoms with Crippen LogP contribution in [-0.4, -0.2) is 28.3 Å². The minimum atomic E-state index is -4.53. The van der Waals surface area contributed by atoms with E-state index in [0.29, 0.717) is 5.46 Å². The normalized spacial score (nSPS) is 34.1. The van der Waals surface area contributed by atoms with Crippen molar-refractivity contribution in [2.24, 2.45) is 0 Å². The molecule has 1 saturated heterocycles. The van der Waals surface area contributed by atoms with Crippen LogP contribution in [0, 0.1) is 0 Å². The van der Waals surface area contributed by atoms with Crippen molar-refractivity contribution < 1.29 is 22.5 Å². The molecule has 8 heteroatoms. The highest BCUT2D eigenvalue weighted by Crippen LogP contribution is 2.52. The van der Waals surface area contributed by atoms with E-state index in [1.807, 2.05) is 13.8 Å². The Morgan fingerprint density at radius 2 is 1.58 bits per heavy atom. The number of alkyl halides is 3. The van der Waals surface area contributed by atoms with Crippen LogP contribution in [0.2, 0.25) is 0 Å². The van der Waals surface area contributed by atoms with Gasteiger partial charge in [-0.2, -0.15) is 13.2 Å². The first-order valence-electron chi connectivity index (χ1n) is 5.98. The molecule has 19 heavy (non-hydrogen) atoms. The van der Waals surface area contributed by atoms with Crippen molar-refractivity contribution in [2.75, 3.05) is 0 Å². The predicted octanol–water partition coefficient (Wildman–Crippen LogP) is 1.55. The maximum atomic E-state index is 12.4. The van der Waals surface area contributed by atoms with Crippen LogP contribution in [0.15, 0.2) is 12.4 Å². The molecular weight excluding hydrogens is 260 g/mol. The van der Waals surface area contributed by atoms with Crippen LogP contribution in [0.25, 0.3) is 0 Å². The average molecular weight is 272 g/mol. The molecule has 1 saturated carbocycles. The Balaban J connectivity index is 1.81. The first kappa shape index (κ1) is 12.9. The molecule has 0 spiro atoms. The molecule has 2 unspecified atom stereocenters. The number of nitrogens with zero attached hydrogens (tertiary/aromatic N) is 2. The number of aromatic nitrogens is 2. The van der Waals surface area contributed by atoms with Crippen LogP contribution < -0.4 is 5.46 Å². The third-order valence-corrected chi connectivity index (χ3v) is 4.13. The number of halogens is 3. The lowest BCUT2D eigenvalue weighted by Gasteiger charge is -2.49. The van der Waals surface area contributed by atoms with E-state index in [2.05, 4.69) is 9.97 Å². The number of fused-ring (bicyclic) bond motifs is 1. The van der Waals surface area contributed by atoms with E-state index in [-0.39, 0.29) is 11.2 Å². The zero-order valence-electron chi connectivity index (χ0n) is 10.5. The van der Waals surface area contributed by atoms with Gasteiger partial charge in [0.15, 0.2) is 0 Å². The van der Waals surface area contributed by atoms with Gasteiger partial charge in [0.2, 0.25) is 5.82 Å². The number of hydrogen-bond donors (Lipinski definition) is 0. The number of rotatable bonds is 1. The lowest BCUT2D eigenvalue weighted by molar-refractivity contribution is -0.144. The summed E-state index contributed by atoms with van der Waals surface area (Å²) in [4.78, 5) is 6.63. The molecule has 0 amide bonds. The molecule has 1 aromatic rings. The fourth-order valence-corrected chi connectivity index (χ4v) is 2.44. The van der Waals surface area contributed by atoms with Gasteiger partial charge in [-0.3, -0.25) is 0 Å². The summed E-state index contributed by atoms with van der Waals surface area (Å²) in [5, 5.41) is 0. The molecule has 0 N–H and O–H groups in total. The van der Waals surface area contributed by atoms with E-state index in [0.717, 1.165) is 25.2 Å². The molecule has 0 radical (unpaired) electrons. The highest BCUT2D eigenvalue weighted by atomic mass is 19.4. The van der Waals surface area contributed by atoms with Gasteiger partial charge in [0.05, 0.1) is 11.2 Å². The summed E-state index contributed by atoms with van der Waals surface area (Å²) in [7, 11) is -0.695. The van der Waals surface area contributed by atoms with Crippen molar-refractivity contribution in [2.45, 2.75) is 44.1 Å². The van der Waals surface area contributed by atoms with Gasteiger partial charge in [0, 0.05) is 17.9 Å². The molecule has 3 rings (SSSR count). The second-order valence-corrected chi connectivity index (χ2v) is 5.37. The van der Waals surface area contributed by atoms with Gasteiger partial charge in [0.25, 0.3) is 0 Å². The second-order valence-electron chi connectivity index (χ2n) is 5.37. The van der Waals surface area contributed by atoms with Crippen LogP contribution in [-0.2, 0) is 15.5 Å². The van der Waals surface area contributed by atoms with E-state index >= 15 is 0 Å². The molecule has 1 aliphatic heterocycles. The second kappa shape index (κ2) is 3.70. The highest BCUT2D eigenvalue weighted by Gasteiger charge is 2.63. The third-order valence-electron chi connectivity index (χ3n) is 4.13. The summed E-state index contributed by atoms with van der Waals surface area (Å²) in [5.41, 5.74) is -0.342. The monoisotopic (exact) mass is 272 g/mol. The van der Waals surface area contributed by atoms with Gasteiger partial charge < -0.3 is 9.31 Å². The maximum absolute atomic E-state index is 12.4. The maximum Gasteiger partial charge on any atom is 0.498 e. The molecule has 1 aromatic heterocycles. The van der Waals surface area contributed by atoms with Crippen molar-refractivity contribution in [1.82, 2.24) is 9.97 Å². The Bertz CT molecular complexity index is 492. The summed E-state index contributed by atoms with van der Waals surface area (Å²) in [5.74, 6) is -1.16. The highest BCUT2D eigenvalue weighted by molar-refractivity contribution is 6.62. The lowest BCUT2D eigenvalue weighted by Crippen LogP contribution is -2.56. The van der Waals surface area contributed by atoms with E-state index in [1.165, 1.54) is 0 Å². The molecule has 2 atom stereocenters. The van der Waals surface area contributed by atoms with Gasteiger partial charge in [-0.1, -0.05) is 0 Å². The van der Waals surface area contributed by atoms with Gasteiger partial charge in [-0.15, -0.1) is 0 Å². The van der Waals surface area contributed by atoms with Gasteiger partial charge in [-0.05, 0) is 26.7 Å². The largest absolute Gasteiger partial charge is 0.498 e. The zero-order chi connectivity index (χ0) is 13.9. The van der Waals surface area contributed by atoms with Crippen molar-refractivity contribution in [3.63, 3.8) is 0 Å². The van der Waals surface area contributed by atoms with Crippen molar-refractivity contribution in [3.05, 3.63) is 18.2 Å². The molecule has 102 valence electrons. The van der Waals surface area contributed by atoms with Crippen molar-refractivity contribution >= 4 is 12.6 Å². The average Bonchev–Trinajstić information content (AvgIpc) is 2.51. The Kier molecular flexibility index (Phi) is 2.50. The van der Waals surface area contributed by atoms with Crippen LogP contribution in [0.1, 0.15) is 32.5 Å². The van der Waals surface area contributed by atoms with E-state index in [1.54, 1.807) is 0 Å². The quantitative estimate of drug-likeness (QED) is 0.727. The number of hydrogen-bond acceptors (Lipinski definition) is 4. The van der Waals surface area contributed by atoms with Crippen LogP contribution >= 0.6 is 0 Å². The SMILES string of the molecule is CC12CCC1(C)OB(c1cnc(C(F)(F)F)nc1)O2. The van der Waals surface area contributed by atoms with Crippen molar-refractivity contribution in [1.29, 1.82) is 0 Å². The molecule has 0 aromatic carbocycles. The van der Waals surface area contributed by atoms with Crippen molar-refractivity contribution in [3.8, 4) is 0 Å². The van der Waals surface area contributed by atoms with Gasteiger partial charge >= 0.3 is 13.3 Å². The van der Waals surface area contributed by atoms with Crippen LogP contribution in [0.5, 0.6) is 0 Å². The van der Waals surface area contributed by atoms with Gasteiger partial charge in [0.1, 0.15) is 0 Å². The smallest absolute Gasteiger partial charge is 0.399 e. The van der Waals surface area contributed by atoms with Crippen LogP contribution in [0.3, 0.4) is 0 Å². The predicted molar refractivity (Wildman–Crippen MR) is 60.6 cm³/mol. The standard InChI is InChI=1S/C11H12BF3N2O2/c1-9-3-4-10(9,2)19-12(18-9)7-5-16-8(17-6-7)11(13,14)15/h5-6H,3-4H2,1-2H3. The molecule has 2 aliphatic rings. The Morgan fingerprint density at radius 1 is 1.11 bits per heavy atom. The summed E-state index contributed by atoms with van der Waals surface area (Å²) in [6.07, 6.45) is -0.564. The minimum absolute atomic E-state index is 0.375. The summed E-state index contributed by atoms with van der Waals surface area (Å²) < 4.78 is 48.7. The Morgan fingerprint density at radius 3 is 1.95 bits per heavy atom. The lowest BCUT2D eigenvalue weighted by atomic mass is 9.68. The molecule has 2 heterocycles. The summed E-state index contributed by atoms with van der Waals surface area (Å²) in [6.45, 7) is 3.89. The first-order chi connectivity index (χ1) is 8.74. The summed E-state index contributed by atoms with van der Waals surface area (Å²) in [6, 6.07) is 0.